The van der Waals surface area contributed by atoms with Crippen LogP contribution in [0.3, 0.4) is 0 Å². The fourth-order valence-electron chi connectivity index (χ4n) is 2.52. The summed E-state index contributed by atoms with van der Waals surface area (Å²) < 4.78 is 0. The number of pyridine rings is 1. The van der Waals surface area contributed by atoms with Crippen molar-refractivity contribution in [2.75, 3.05) is 0 Å². The third kappa shape index (κ3) is 2.48. The van der Waals surface area contributed by atoms with Crippen LogP contribution < -0.4 is 5.73 Å². The summed E-state index contributed by atoms with van der Waals surface area (Å²) in [7, 11) is 0. The smallest absolute Gasteiger partial charge is 0.267 e. The van der Waals surface area contributed by atoms with Gasteiger partial charge in [-0.15, -0.1) is 0 Å². The molecular formula is C17H16N4O. The number of H-pyrrole nitrogens is 1. The van der Waals surface area contributed by atoms with Gasteiger partial charge in [0.05, 0.1) is 11.4 Å². The van der Waals surface area contributed by atoms with Gasteiger partial charge >= 0.3 is 0 Å². The normalized spacial score (nSPS) is 10.6. The lowest BCUT2D eigenvalue weighted by atomic mass is 9.98. The summed E-state index contributed by atoms with van der Waals surface area (Å²) in [5, 5.41) is 7.39. The highest BCUT2D eigenvalue weighted by Gasteiger charge is 2.15. The van der Waals surface area contributed by atoms with E-state index >= 15 is 0 Å². The number of hydrogen-bond acceptors (Lipinski definition) is 3. The molecule has 0 saturated heterocycles. The van der Waals surface area contributed by atoms with Crippen LogP contribution in [-0.2, 0) is 0 Å². The molecule has 0 radical (unpaired) electrons. The van der Waals surface area contributed by atoms with Gasteiger partial charge in [0.15, 0.2) is 0 Å². The zero-order chi connectivity index (χ0) is 15.7. The van der Waals surface area contributed by atoms with E-state index in [4.69, 9.17) is 5.73 Å². The number of nitrogens with one attached hydrogen (secondary N) is 1. The second-order valence-corrected chi connectivity index (χ2v) is 5.22. The minimum absolute atomic E-state index is 0.244. The molecule has 1 amide bonds. The Morgan fingerprint density at radius 1 is 1.14 bits per heavy atom. The largest absolute Gasteiger partial charge is 0.364 e. The molecule has 0 atom stereocenters. The Hall–Kier alpha value is -2.95. The first-order valence-corrected chi connectivity index (χ1v) is 6.94. The summed E-state index contributed by atoms with van der Waals surface area (Å²) in [5.74, 6) is -0.542. The Balaban J connectivity index is 2.18. The lowest BCUT2D eigenvalue weighted by Crippen LogP contribution is -2.12. The Kier molecular flexibility index (Phi) is 3.47. The van der Waals surface area contributed by atoms with Crippen molar-refractivity contribution in [2.45, 2.75) is 13.8 Å². The first-order chi connectivity index (χ1) is 10.6. The first-order valence-electron chi connectivity index (χ1n) is 6.94. The van der Waals surface area contributed by atoms with Crippen LogP contribution in [0, 0.1) is 13.8 Å². The highest BCUT2D eigenvalue weighted by Crippen LogP contribution is 2.33. The standard InChI is InChI=1S/C17H16N4O/c1-10-4-3-5-13(8-10)16-15(11(2)20-21-16)12-6-7-19-14(9-12)17(18)22/h3-9H,1-2H3,(H2,18,22)(H,20,21). The number of aromatic nitrogens is 3. The summed E-state index contributed by atoms with van der Waals surface area (Å²) in [4.78, 5) is 15.3. The number of amides is 1. The van der Waals surface area contributed by atoms with Crippen molar-refractivity contribution in [3.8, 4) is 22.4 Å². The van der Waals surface area contributed by atoms with Gasteiger partial charge in [0, 0.05) is 17.3 Å². The fraction of sp³-hybridized carbons (Fsp3) is 0.118. The third-order valence-electron chi connectivity index (χ3n) is 3.56. The molecule has 0 aliphatic carbocycles. The van der Waals surface area contributed by atoms with Crippen molar-refractivity contribution in [1.82, 2.24) is 15.2 Å². The van der Waals surface area contributed by atoms with E-state index in [-0.39, 0.29) is 5.69 Å². The van der Waals surface area contributed by atoms with Gasteiger partial charge in [-0.05, 0) is 37.6 Å². The van der Waals surface area contributed by atoms with Crippen molar-refractivity contribution in [1.29, 1.82) is 0 Å². The molecule has 2 heterocycles. The Morgan fingerprint density at radius 3 is 2.68 bits per heavy atom. The van der Waals surface area contributed by atoms with E-state index in [1.807, 2.05) is 38.1 Å². The molecule has 0 spiro atoms. The van der Waals surface area contributed by atoms with E-state index in [0.717, 1.165) is 28.1 Å². The molecule has 5 nitrogen and oxygen atoms in total. The zero-order valence-corrected chi connectivity index (χ0v) is 12.4. The molecule has 3 aromatic rings. The Labute approximate surface area is 128 Å². The maximum atomic E-state index is 11.3. The van der Waals surface area contributed by atoms with Crippen LogP contribution in [0.4, 0.5) is 0 Å². The summed E-state index contributed by atoms with van der Waals surface area (Å²) in [6, 6.07) is 11.7. The van der Waals surface area contributed by atoms with E-state index in [1.54, 1.807) is 12.3 Å². The van der Waals surface area contributed by atoms with E-state index < -0.39 is 5.91 Å². The SMILES string of the molecule is Cc1cccc(-c2[nH]nc(C)c2-c2ccnc(C(N)=O)c2)c1. The summed E-state index contributed by atoms with van der Waals surface area (Å²) in [5.41, 5.74) is 11.4. The van der Waals surface area contributed by atoms with Crippen LogP contribution in [0.5, 0.6) is 0 Å². The van der Waals surface area contributed by atoms with Gasteiger partial charge in [-0.25, -0.2) is 0 Å². The van der Waals surface area contributed by atoms with Crippen molar-refractivity contribution in [2.24, 2.45) is 5.73 Å². The number of nitrogens with zero attached hydrogens (tertiary/aromatic N) is 2. The molecule has 0 unspecified atom stereocenters. The summed E-state index contributed by atoms with van der Waals surface area (Å²) >= 11 is 0. The van der Waals surface area contributed by atoms with Gasteiger partial charge in [0.25, 0.3) is 5.91 Å². The molecule has 5 heteroatoms. The molecule has 22 heavy (non-hydrogen) atoms. The number of hydrogen-bond donors (Lipinski definition) is 2. The van der Waals surface area contributed by atoms with Crippen LogP contribution in [-0.4, -0.2) is 21.1 Å². The molecule has 0 aliphatic heterocycles. The number of rotatable bonds is 3. The molecule has 0 aliphatic rings. The minimum atomic E-state index is -0.542. The molecule has 110 valence electrons. The molecule has 3 N–H and O–H groups in total. The Bertz CT molecular complexity index is 851. The molecule has 2 aromatic heterocycles. The fourth-order valence-corrected chi connectivity index (χ4v) is 2.52. The molecule has 0 bridgehead atoms. The highest BCUT2D eigenvalue weighted by molar-refractivity contribution is 5.93. The number of benzene rings is 1. The van der Waals surface area contributed by atoms with Crippen molar-refractivity contribution in [3.05, 3.63) is 59.5 Å². The number of carbonyl (C=O) groups is 1. The molecule has 1 aromatic carbocycles. The first kappa shape index (κ1) is 14.0. The van der Waals surface area contributed by atoms with Crippen molar-refractivity contribution >= 4 is 5.91 Å². The number of aromatic amines is 1. The number of carbonyl (C=O) groups excluding carboxylic acids is 1. The highest BCUT2D eigenvalue weighted by atomic mass is 16.1. The van der Waals surface area contributed by atoms with E-state index in [0.29, 0.717) is 0 Å². The van der Waals surface area contributed by atoms with Gasteiger partial charge < -0.3 is 5.73 Å². The maximum absolute atomic E-state index is 11.3. The van der Waals surface area contributed by atoms with E-state index in [1.165, 1.54) is 5.56 Å². The molecule has 0 fully saturated rings. The monoisotopic (exact) mass is 292 g/mol. The van der Waals surface area contributed by atoms with E-state index in [2.05, 4.69) is 21.2 Å². The second kappa shape index (κ2) is 5.44. The summed E-state index contributed by atoms with van der Waals surface area (Å²) in [6.45, 7) is 3.97. The van der Waals surface area contributed by atoms with Crippen LogP contribution in [0.15, 0.2) is 42.6 Å². The Morgan fingerprint density at radius 2 is 1.95 bits per heavy atom. The predicted octanol–water partition coefficient (Wildman–Crippen LogP) is 2.85. The van der Waals surface area contributed by atoms with Crippen LogP contribution in [0.25, 0.3) is 22.4 Å². The maximum Gasteiger partial charge on any atom is 0.267 e. The third-order valence-corrected chi connectivity index (χ3v) is 3.56. The lowest BCUT2D eigenvalue weighted by molar-refractivity contribution is 0.0995. The zero-order valence-electron chi connectivity index (χ0n) is 12.4. The lowest BCUT2D eigenvalue weighted by Gasteiger charge is -2.07. The summed E-state index contributed by atoms with van der Waals surface area (Å²) in [6.07, 6.45) is 1.59. The molecular weight excluding hydrogens is 276 g/mol. The number of aryl methyl sites for hydroxylation is 2. The van der Waals surface area contributed by atoms with Gasteiger partial charge in [0.2, 0.25) is 0 Å². The average molecular weight is 292 g/mol. The second-order valence-electron chi connectivity index (χ2n) is 5.22. The quantitative estimate of drug-likeness (QED) is 0.778. The van der Waals surface area contributed by atoms with Gasteiger partial charge in [-0.3, -0.25) is 14.9 Å². The van der Waals surface area contributed by atoms with Crippen LogP contribution >= 0.6 is 0 Å². The van der Waals surface area contributed by atoms with Crippen LogP contribution in [0.2, 0.25) is 0 Å². The molecule has 3 rings (SSSR count). The number of primary amides is 1. The minimum Gasteiger partial charge on any atom is -0.364 e. The predicted molar refractivity (Wildman–Crippen MR) is 85.2 cm³/mol. The average Bonchev–Trinajstić information content (AvgIpc) is 2.89. The van der Waals surface area contributed by atoms with Gasteiger partial charge in [-0.2, -0.15) is 5.10 Å². The van der Waals surface area contributed by atoms with E-state index in [9.17, 15) is 4.79 Å². The van der Waals surface area contributed by atoms with Gasteiger partial charge in [-0.1, -0.05) is 23.8 Å². The molecule has 0 saturated carbocycles. The van der Waals surface area contributed by atoms with Gasteiger partial charge in [0.1, 0.15) is 5.69 Å². The van der Waals surface area contributed by atoms with Crippen LogP contribution in [0.1, 0.15) is 21.7 Å². The van der Waals surface area contributed by atoms with Crippen molar-refractivity contribution in [3.63, 3.8) is 0 Å². The number of nitrogens with two attached hydrogens (primary N) is 1. The topological polar surface area (TPSA) is 84.7 Å². The van der Waals surface area contributed by atoms with Crippen molar-refractivity contribution < 1.29 is 4.79 Å².